The fourth-order valence-electron chi connectivity index (χ4n) is 3.88. The Balaban J connectivity index is 1.45. The summed E-state index contributed by atoms with van der Waals surface area (Å²) in [5.41, 5.74) is 0.993. The van der Waals surface area contributed by atoms with E-state index in [0.29, 0.717) is 48.5 Å². The monoisotopic (exact) mass is 385 g/mol. The molecule has 27 heavy (non-hydrogen) atoms. The number of piperidine rings is 1. The number of carbonyl (C=O) groups excluding carboxylic acids is 2. The lowest BCUT2D eigenvalue weighted by atomic mass is 9.84. The van der Waals surface area contributed by atoms with E-state index in [1.165, 1.54) is 0 Å². The first-order valence-corrected chi connectivity index (χ1v) is 9.41. The number of halogens is 1. The number of aliphatic hydroxyl groups is 1. The van der Waals surface area contributed by atoms with Crippen LogP contribution < -0.4 is 0 Å². The molecule has 140 valence electrons. The number of hydrogen-bond donors (Lipinski definition) is 1. The SMILES string of the molecule is O=C1O[C@H](C(=O)N2CCC(O)(c3ccccc3Cl)CC2)Cc2ccccc21. The molecule has 1 saturated heterocycles. The summed E-state index contributed by atoms with van der Waals surface area (Å²) in [7, 11) is 0. The Hall–Kier alpha value is -2.37. The molecule has 1 fully saturated rings. The summed E-state index contributed by atoms with van der Waals surface area (Å²) in [6.07, 6.45) is 0.352. The quantitative estimate of drug-likeness (QED) is 0.807. The highest BCUT2D eigenvalue weighted by Crippen LogP contribution is 2.37. The zero-order valence-corrected chi connectivity index (χ0v) is 15.5. The third-order valence-corrected chi connectivity index (χ3v) is 5.77. The zero-order valence-electron chi connectivity index (χ0n) is 14.7. The van der Waals surface area contributed by atoms with Gasteiger partial charge in [-0.2, -0.15) is 0 Å². The Morgan fingerprint density at radius 3 is 2.52 bits per heavy atom. The maximum Gasteiger partial charge on any atom is 0.339 e. The van der Waals surface area contributed by atoms with Crippen molar-refractivity contribution >= 4 is 23.5 Å². The van der Waals surface area contributed by atoms with Crippen LogP contribution in [0.25, 0.3) is 0 Å². The van der Waals surface area contributed by atoms with Gasteiger partial charge in [-0.25, -0.2) is 4.79 Å². The summed E-state index contributed by atoms with van der Waals surface area (Å²) in [6, 6.07) is 14.4. The first-order chi connectivity index (χ1) is 13.0. The molecule has 0 saturated carbocycles. The first-order valence-electron chi connectivity index (χ1n) is 9.03. The number of cyclic esters (lactones) is 1. The van der Waals surface area contributed by atoms with Crippen LogP contribution in [-0.2, 0) is 21.6 Å². The summed E-state index contributed by atoms with van der Waals surface area (Å²) in [6.45, 7) is 0.770. The molecular weight excluding hydrogens is 366 g/mol. The molecule has 2 aliphatic rings. The van der Waals surface area contributed by atoms with Crippen LogP contribution in [-0.4, -0.2) is 41.1 Å². The molecule has 5 nitrogen and oxygen atoms in total. The summed E-state index contributed by atoms with van der Waals surface area (Å²) in [5.74, 6) is -0.668. The largest absolute Gasteiger partial charge is 0.448 e. The predicted octanol–water partition coefficient (Wildman–Crippen LogP) is 2.93. The van der Waals surface area contributed by atoms with Crippen LogP contribution in [0.5, 0.6) is 0 Å². The number of amides is 1. The van der Waals surface area contributed by atoms with Gasteiger partial charge in [-0.1, -0.05) is 48.0 Å². The highest BCUT2D eigenvalue weighted by molar-refractivity contribution is 6.31. The van der Waals surface area contributed by atoms with Crippen molar-refractivity contribution in [2.75, 3.05) is 13.1 Å². The summed E-state index contributed by atoms with van der Waals surface area (Å²) in [4.78, 5) is 26.7. The predicted molar refractivity (Wildman–Crippen MR) is 101 cm³/mol. The lowest BCUT2D eigenvalue weighted by molar-refractivity contribution is -0.145. The number of hydrogen-bond acceptors (Lipinski definition) is 4. The van der Waals surface area contributed by atoms with Crippen LogP contribution in [0.1, 0.15) is 34.3 Å². The number of ether oxygens (including phenoxy) is 1. The minimum Gasteiger partial charge on any atom is -0.448 e. The molecule has 1 amide bonds. The van der Waals surface area contributed by atoms with Gasteiger partial charge in [-0.3, -0.25) is 4.79 Å². The lowest BCUT2D eigenvalue weighted by Crippen LogP contribution is -2.50. The van der Waals surface area contributed by atoms with Gasteiger partial charge in [0.25, 0.3) is 5.91 Å². The molecule has 6 heteroatoms. The van der Waals surface area contributed by atoms with Crippen molar-refractivity contribution in [3.05, 3.63) is 70.2 Å². The van der Waals surface area contributed by atoms with Crippen LogP contribution >= 0.6 is 11.6 Å². The normalized spacial score (nSPS) is 21.3. The van der Waals surface area contributed by atoms with Crippen molar-refractivity contribution in [2.24, 2.45) is 0 Å². The van der Waals surface area contributed by atoms with Crippen LogP contribution in [0.2, 0.25) is 5.02 Å². The molecule has 2 aromatic carbocycles. The second kappa shape index (κ2) is 6.98. The van der Waals surface area contributed by atoms with Crippen molar-refractivity contribution in [3.8, 4) is 0 Å². The average molecular weight is 386 g/mol. The van der Waals surface area contributed by atoms with Crippen molar-refractivity contribution in [3.63, 3.8) is 0 Å². The number of carbonyl (C=O) groups is 2. The number of esters is 1. The van der Waals surface area contributed by atoms with Gasteiger partial charge in [0.1, 0.15) is 0 Å². The number of fused-ring (bicyclic) bond motifs is 1. The third-order valence-electron chi connectivity index (χ3n) is 5.44. The Morgan fingerprint density at radius 2 is 1.78 bits per heavy atom. The van der Waals surface area contributed by atoms with Gasteiger partial charge in [-0.15, -0.1) is 0 Å². The van der Waals surface area contributed by atoms with Crippen LogP contribution in [0.3, 0.4) is 0 Å². The molecule has 0 aromatic heterocycles. The van der Waals surface area contributed by atoms with Crippen molar-refractivity contribution < 1.29 is 19.4 Å². The van der Waals surface area contributed by atoms with E-state index in [-0.39, 0.29) is 5.91 Å². The molecule has 1 N–H and O–H groups in total. The minimum atomic E-state index is -1.05. The topological polar surface area (TPSA) is 66.8 Å². The van der Waals surface area contributed by atoms with Gasteiger partial charge < -0.3 is 14.7 Å². The Labute approximate surface area is 162 Å². The Kier molecular flexibility index (Phi) is 4.66. The Morgan fingerprint density at radius 1 is 1.11 bits per heavy atom. The van der Waals surface area contributed by atoms with Crippen molar-refractivity contribution in [1.82, 2.24) is 4.90 Å². The van der Waals surface area contributed by atoms with E-state index in [1.807, 2.05) is 30.3 Å². The first kappa shape index (κ1) is 18.0. The van der Waals surface area contributed by atoms with Crippen LogP contribution in [0, 0.1) is 0 Å². The molecule has 0 aliphatic carbocycles. The van der Waals surface area contributed by atoms with Gasteiger partial charge in [0.05, 0.1) is 11.2 Å². The Bertz CT molecular complexity index is 889. The van der Waals surface area contributed by atoms with Gasteiger partial charge in [-0.05, 0) is 30.5 Å². The van der Waals surface area contributed by atoms with E-state index in [1.54, 1.807) is 23.1 Å². The summed E-state index contributed by atoms with van der Waals surface area (Å²) < 4.78 is 5.37. The molecule has 0 spiro atoms. The lowest BCUT2D eigenvalue weighted by Gasteiger charge is -2.40. The van der Waals surface area contributed by atoms with Gasteiger partial charge >= 0.3 is 5.97 Å². The van der Waals surface area contributed by atoms with Gasteiger partial charge in [0, 0.05) is 30.1 Å². The highest BCUT2D eigenvalue weighted by atomic mass is 35.5. The number of nitrogens with zero attached hydrogens (tertiary/aromatic N) is 1. The molecule has 1 atom stereocenters. The molecule has 0 unspecified atom stereocenters. The molecule has 2 heterocycles. The second-order valence-electron chi connectivity index (χ2n) is 7.09. The standard InChI is InChI=1S/C21H20ClNO4/c22-17-8-4-3-7-16(17)21(26)9-11-23(12-10-21)19(24)18-13-14-5-1-2-6-15(14)20(25)27-18/h1-8,18,26H,9-13H2/t18-/m0/s1. The molecule has 2 aliphatic heterocycles. The molecule has 0 bridgehead atoms. The van der Waals surface area contributed by atoms with E-state index in [9.17, 15) is 14.7 Å². The van der Waals surface area contributed by atoms with E-state index < -0.39 is 17.7 Å². The van der Waals surface area contributed by atoms with E-state index in [4.69, 9.17) is 16.3 Å². The maximum atomic E-state index is 12.9. The number of benzene rings is 2. The molecule has 2 aromatic rings. The molecule has 4 rings (SSSR count). The fourth-order valence-corrected chi connectivity index (χ4v) is 4.19. The number of rotatable bonds is 2. The van der Waals surface area contributed by atoms with E-state index in [0.717, 1.165) is 5.56 Å². The van der Waals surface area contributed by atoms with Crippen molar-refractivity contribution in [2.45, 2.75) is 31.0 Å². The minimum absolute atomic E-state index is 0.209. The van der Waals surface area contributed by atoms with Gasteiger partial charge in [0.2, 0.25) is 0 Å². The second-order valence-corrected chi connectivity index (χ2v) is 7.50. The van der Waals surface area contributed by atoms with E-state index >= 15 is 0 Å². The van der Waals surface area contributed by atoms with Crippen LogP contribution in [0.4, 0.5) is 0 Å². The maximum absolute atomic E-state index is 12.9. The highest BCUT2D eigenvalue weighted by Gasteiger charge is 2.40. The summed E-state index contributed by atoms with van der Waals surface area (Å²) in [5, 5.41) is 11.5. The fraction of sp³-hybridized carbons (Fsp3) is 0.333. The van der Waals surface area contributed by atoms with Crippen molar-refractivity contribution in [1.29, 1.82) is 0 Å². The smallest absolute Gasteiger partial charge is 0.339 e. The summed E-state index contributed by atoms with van der Waals surface area (Å²) >= 11 is 6.23. The zero-order chi connectivity index (χ0) is 19.0. The number of likely N-dealkylation sites (tertiary alicyclic amines) is 1. The van der Waals surface area contributed by atoms with Gasteiger partial charge in [0.15, 0.2) is 6.10 Å². The third kappa shape index (κ3) is 3.33. The molecular formula is C21H20ClNO4. The van der Waals surface area contributed by atoms with Crippen LogP contribution in [0.15, 0.2) is 48.5 Å². The average Bonchev–Trinajstić information content (AvgIpc) is 2.68. The van der Waals surface area contributed by atoms with E-state index in [2.05, 4.69) is 0 Å². The molecule has 0 radical (unpaired) electrons.